The molecule has 0 aliphatic carbocycles. The van der Waals surface area contributed by atoms with Crippen molar-refractivity contribution in [3.63, 3.8) is 0 Å². The minimum Gasteiger partial charge on any atom is -0.494 e. The minimum absolute atomic E-state index is 0.00674. The highest BCUT2D eigenvalue weighted by Crippen LogP contribution is 2.35. The zero-order chi connectivity index (χ0) is 19.3. The number of unbranched alkanes of at least 4 members (excludes halogenated alkanes) is 2. The highest BCUT2D eigenvalue weighted by Gasteiger charge is 2.12. The number of carbonyl (C=O) groups is 1. The van der Waals surface area contributed by atoms with Crippen molar-refractivity contribution in [3.8, 4) is 11.5 Å². The largest absolute Gasteiger partial charge is 0.494 e. The van der Waals surface area contributed by atoms with Gasteiger partial charge in [-0.25, -0.2) is 9.36 Å². The number of carbonyl (C=O) groups excluding carboxylic acids is 1. The van der Waals surface area contributed by atoms with Crippen LogP contribution in [0, 0.1) is 0 Å². The average molecular weight is 388 g/mol. The smallest absolute Gasteiger partial charge is 0.469 e. The second-order valence-electron chi connectivity index (χ2n) is 5.28. The molecule has 0 atom stereocenters. The molecule has 0 radical (unpaired) electrons. The van der Waals surface area contributed by atoms with Crippen LogP contribution in [0.2, 0.25) is 0 Å². The first-order valence-electron chi connectivity index (χ1n) is 8.25. The van der Waals surface area contributed by atoms with Crippen LogP contribution in [0.15, 0.2) is 36.9 Å². The first-order valence-corrected chi connectivity index (χ1v) is 9.78. The quantitative estimate of drug-likeness (QED) is 0.217. The first kappa shape index (κ1) is 22.2. The van der Waals surface area contributed by atoms with Gasteiger partial charge >= 0.3 is 13.8 Å². The molecule has 0 saturated heterocycles. The van der Waals surface area contributed by atoms with E-state index in [-0.39, 0.29) is 6.61 Å². The maximum atomic E-state index is 10.8. The van der Waals surface area contributed by atoms with E-state index in [0.29, 0.717) is 44.8 Å². The molecule has 1 aromatic rings. The molecule has 1 aromatic carbocycles. The number of phosphoric ester groups is 1. The monoisotopic (exact) mass is 388 g/mol. The molecule has 8 nitrogen and oxygen atoms in total. The van der Waals surface area contributed by atoms with Crippen molar-refractivity contribution < 1.29 is 37.9 Å². The number of benzene rings is 1. The minimum atomic E-state index is -4.38. The van der Waals surface area contributed by atoms with Gasteiger partial charge in [0, 0.05) is 6.08 Å². The number of esters is 1. The second kappa shape index (κ2) is 12.5. The van der Waals surface area contributed by atoms with Crippen molar-refractivity contribution >= 4 is 13.8 Å². The maximum absolute atomic E-state index is 10.8. The predicted molar refractivity (Wildman–Crippen MR) is 95.1 cm³/mol. The van der Waals surface area contributed by atoms with Gasteiger partial charge in [0.1, 0.15) is 11.5 Å². The molecular formula is C17H25O8P. The summed E-state index contributed by atoms with van der Waals surface area (Å²) in [6, 6.07) is 7.16. The van der Waals surface area contributed by atoms with Gasteiger partial charge in [0.25, 0.3) is 0 Å². The van der Waals surface area contributed by atoms with Gasteiger partial charge in [-0.3, -0.25) is 4.52 Å². The summed E-state index contributed by atoms with van der Waals surface area (Å²) in [6.45, 7) is 4.60. The Morgan fingerprint density at radius 2 is 1.38 bits per heavy atom. The lowest BCUT2D eigenvalue weighted by atomic mass is 10.3. The lowest BCUT2D eigenvalue weighted by Gasteiger charge is -2.09. The van der Waals surface area contributed by atoms with Gasteiger partial charge in [-0.15, -0.1) is 0 Å². The van der Waals surface area contributed by atoms with Gasteiger partial charge in [-0.2, -0.15) is 0 Å². The fraction of sp³-hybridized carbons (Fsp3) is 0.471. The van der Waals surface area contributed by atoms with E-state index >= 15 is 0 Å². The van der Waals surface area contributed by atoms with Crippen molar-refractivity contribution in [2.24, 2.45) is 0 Å². The van der Waals surface area contributed by atoms with Gasteiger partial charge in [0.05, 0.1) is 26.4 Å². The lowest BCUT2D eigenvalue weighted by Crippen LogP contribution is -2.04. The van der Waals surface area contributed by atoms with Crippen LogP contribution in [0.4, 0.5) is 0 Å². The average Bonchev–Trinajstić information content (AvgIpc) is 2.61. The number of rotatable bonds is 14. The molecule has 0 heterocycles. The van der Waals surface area contributed by atoms with Crippen LogP contribution in [-0.4, -0.2) is 42.2 Å². The Morgan fingerprint density at radius 1 is 0.923 bits per heavy atom. The van der Waals surface area contributed by atoms with Crippen LogP contribution in [0.5, 0.6) is 11.5 Å². The van der Waals surface area contributed by atoms with E-state index < -0.39 is 13.8 Å². The van der Waals surface area contributed by atoms with E-state index in [1.807, 2.05) is 0 Å². The lowest BCUT2D eigenvalue weighted by molar-refractivity contribution is -0.137. The molecular weight excluding hydrogens is 363 g/mol. The number of ether oxygens (including phenoxy) is 3. The van der Waals surface area contributed by atoms with E-state index in [0.717, 1.165) is 18.2 Å². The Labute approximate surface area is 153 Å². The van der Waals surface area contributed by atoms with Gasteiger partial charge in [-0.05, 0) is 49.9 Å². The molecule has 9 heteroatoms. The molecule has 0 aromatic heterocycles. The van der Waals surface area contributed by atoms with E-state index in [2.05, 4.69) is 11.1 Å². The summed E-state index contributed by atoms with van der Waals surface area (Å²) in [7, 11) is -4.38. The molecule has 0 bridgehead atoms. The molecule has 0 unspecified atom stereocenters. The van der Waals surface area contributed by atoms with Crippen molar-refractivity contribution in [1.29, 1.82) is 0 Å². The number of hydrogen-bond acceptors (Lipinski definition) is 6. The van der Waals surface area contributed by atoms with Crippen LogP contribution in [-0.2, 0) is 18.6 Å². The highest BCUT2D eigenvalue weighted by molar-refractivity contribution is 7.46. The van der Waals surface area contributed by atoms with E-state index in [1.165, 1.54) is 0 Å². The molecule has 146 valence electrons. The van der Waals surface area contributed by atoms with Crippen LogP contribution in [0.1, 0.15) is 25.7 Å². The van der Waals surface area contributed by atoms with Gasteiger partial charge in [-0.1, -0.05) is 6.58 Å². The van der Waals surface area contributed by atoms with E-state index in [9.17, 15) is 9.36 Å². The van der Waals surface area contributed by atoms with Gasteiger partial charge in [0.2, 0.25) is 0 Å². The Morgan fingerprint density at radius 3 is 1.85 bits per heavy atom. The molecule has 2 N–H and O–H groups in total. The summed E-state index contributed by atoms with van der Waals surface area (Å²) in [5.74, 6) is 0.982. The summed E-state index contributed by atoms with van der Waals surface area (Å²) in [5.41, 5.74) is 0. The van der Waals surface area contributed by atoms with Crippen molar-refractivity contribution in [2.45, 2.75) is 25.7 Å². The Balaban J connectivity index is 2.09. The molecule has 0 aliphatic rings. The van der Waals surface area contributed by atoms with Crippen LogP contribution >= 0.6 is 7.82 Å². The van der Waals surface area contributed by atoms with Crippen molar-refractivity contribution in [1.82, 2.24) is 0 Å². The van der Waals surface area contributed by atoms with Gasteiger partial charge < -0.3 is 24.0 Å². The fourth-order valence-electron chi connectivity index (χ4n) is 1.84. The summed E-state index contributed by atoms with van der Waals surface area (Å²) < 4.78 is 30.8. The third-order valence-corrected chi connectivity index (χ3v) is 3.63. The highest BCUT2D eigenvalue weighted by atomic mass is 31.2. The topological polar surface area (TPSA) is 112 Å². The zero-order valence-electron chi connectivity index (χ0n) is 14.5. The molecule has 1 rings (SSSR count). The van der Waals surface area contributed by atoms with Gasteiger partial charge in [0.15, 0.2) is 0 Å². The predicted octanol–water partition coefficient (Wildman–Crippen LogP) is 2.84. The number of phosphoric acid groups is 1. The Kier molecular flexibility index (Phi) is 10.7. The molecule has 0 amide bonds. The summed E-state index contributed by atoms with van der Waals surface area (Å²) in [4.78, 5) is 27.9. The van der Waals surface area contributed by atoms with Crippen LogP contribution in [0.3, 0.4) is 0 Å². The third-order valence-electron chi connectivity index (χ3n) is 3.11. The summed E-state index contributed by atoms with van der Waals surface area (Å²) in [5, 5.41) is 0. The summed E-state index contributed by atoms with van der Waals surface area (Å²) in [6.07, 6.45) is 3.73. The molecule has 0 fully saturated rings. The first-order chi connectivity index (χ1) is 12.4. The Bertz CT molecular complexity index is 581. The fourth-order valence-corrected chi connectivity index (χ4v) is 2.20. The standard InChI is InChI=1S/C17H25O8P/c1-2-17(18)24-13-4-3-11-22-15-7-9-16(10-8-15)23-12-5-6-14-25-26(19,20)21/h2,7-10H,1,3-6,11-14H2,(H2,19,20,21). The SMILES string of the molecule is C=CC(=O)OCCCCOc1ccc(OCCCCOP(=O)(O)O)cc1. The second-order valence-corrected chi connectivity index (χ2v) is 6.52. The Hall–Kier alpha value is -1.86. The number of hydrogen-bond donors (Lipinski definition) is 2. The molecule has 0 aliphatic heterocycles. The van der Waals surface area contributed by atoms with Crippen molar-refractivity contribution in [3.05, 3.63) is 36.9 Å². The zero-order valence-corrected chi connectivity index (χ0v) is 15.4. The molecule has 26 heavy (non-hydrogen) atoms. The molecule has 0 saturated carbocycles. The third kappa shape index (κ3) is 11.7. The van der Waals surface area contributed by atoms with E-state index in [4.69, 9.17) is 24.0 Å². The maximum Gasteiger partial charge on any atom is 0.469 e. The van der Waals surface area contributed by atoms with E-state index in [1.54, 1.807) is 24.3 Å². The van der Waals surface area contributed by atoms with Crippen molar-refractivity contribution in [2.75, 3.05) is 26.4 Å². The van der Waals surface area contributed by atoms with Crippen LogP contribution < -0.4 is 9.47 Å². The normalized spacial score (nSPS) is 11.0. The van der Waals surface area contributed by atoms with Crippen LogP contribution in [0.25, 0.3) is 0 Å². The molecule has 0 spiro atoms. The summed E-state index contributed by atoms with van der Waals surface area (Å²) >= 11 is 0.